The molecule has 0 fully saturated rings. The van der Waals surface area contributed by atoms with E-state index >= 15 is 0 Å². The van der Waals surface area contributed by atoms with Crippen molar-refractivity contribution in [3.63, 3.8) is 0 Å². The van der Waals surface area contributed by atoms with E-state index in [1.54, 1.807) is 11.9 Å². The van der Waals surface area contributed by atoms with Gasteiger partial charge in [0.1, 0.15) is 0 Å². The number of fused-ring (bicyclic) bond motifs is 1. The summed E-state index contributed by atoms with van der Waals surface area (Å²) < 4.78 is 0. The Morgan fingerprint density at radius 3 is 2.89 bits per heavy atom. The van der Waals surface area contributed by atoms with Crippen LogP contribution >= 0.6 is 0 Å². The number of anilines is 1. The van der Waals surface area contributed by atoms with Gasteiger partial charge in [-0.3, -0.25) is 9.59 Å². The fraction of sp³-hybridized carbons (Fsp3) is 0.467. The Hall–Kier alpha value is -1.84. The van der Waals surface area contributed by atoms with Gasteiger partial charge in [-0.1, -0.05) is 19.1 Å². The van der Waals surface area contributed by atoms with Gasteiger partial charge in [-0.25, -0.2) is 0 Å². The maximum atomic E-state index is 11.6. The number of carboxylic acid groups (broad SMARTS) is 1. The fourth-order valence-corrected chi connectivity index (χ4v) is 2.52. The van der Waals surface area contributed by atoms with E-state index in [2.05, 4.69) is 13.0 Å². The first-order valence-corrected chi connectivity index (χ1v) is 6.60. The number of amides is 1. The summed E-state index contributed by atoms with van der Waals surface area (Å²) in [5, 5.41) is 8.64. The van der Waals surface area contributed by atoms with E-state index in [9.17, 15) is 9.59 Å². The molecule has 0 spiro atoms. The molecule has 19 heavy (non-hydrogen) atoms. The van der Waals surface area contributed by atoms with Crippen molar-refractivity contribution in [1.82, 2.24) is 0 Å². The first-order valence-electron chi connectivity index (χ1n) is 6.60. The number of nitrogens with zero attached hydrogens (tertiary/aromatic N) is 1. The average molecular weight is 261 g/mol. The van der Waals surface area contributed by atoms with Gasteiger partial charge in [0.05, 0.1) is 6.42 Å². The molecule has 1 heterocycles. The van der Waals surface area contributed by atoms with Crippen molar-refractivity contribution < 1.29 is 14.7 Å². The number of aliphatic carboxylic acids is 1. The van der Waals surface area contributed by atoms with Crippen LogP contribution in [0.4, 0.5) is 5.69 Å². The molecule has 102 valence electrons. The van der Waals surface area contributed by atoms with Gasteiger partial charge in [-0.2, -0.15) is 0 Å². The Morgan fingerprint density at radius 2 is 2.21 bits per heavy atom. The van der Waals surface area contributed by atoms with Crippen LogP contribution < -0.4 is 4.90 Å². The molecular weight excluding hydrogens is 242 g/mol. The number of carbonyl (C=O) groups excluding carboxylic acids is 1. The van der Waals surface area contributed by atoms with E-state index in [-0.39, 0.29) is 12.3 Å². The van der Waals surface area contributed by atoms with Crippen LogP contribution in [0.15, 0.2) is 18.2 Å². The van der Waals surface area contributed by atoms with E-state index in [4.69, 9.17) is 5.11 Å². The molecule has 1 atom stereocenters. The second kappa shape index (κ2) is 5.43. The molecule has 1 N–H and O–H groups in total. The van der Waals surface area contributed by atoms with Crippen molar-refractivity contribution in [2.45, 2.75) is 38.5 Å². The summed E-state index contributed by atoms with van der Waals surface area (Å²) in [5.41, 5.74) is 3.26. The molecule has 0 bridgehead atoms. The van der Waals surface area contributed by atoms with Crippen LogP contribution in [-0.4, -0.2) is 24.0 Å². The molecule has 1 aliphatic rings. The van der Waals surface area contributed by atoms with Crippen LogP contribution in [0, 0.1) is 0 Å². The molecule has 0 saturated carbocycles. The normalized spacial score (nSPS) is 15.5. The lowest BCUT2D eigenvalue weighted by atomic mass is 9.93. The summed E-state index contributed by atoms with van der Waals surface area (Å²) in [6, 6.07) is 6.12. The Morgan fingerprint density at radius 1 is 1.47 bits per heavy atom. The lowest BCUT2D eigenvalue weighted by Gasteiger charge is -2.14. The molecule has 0 radical (unpaired) electrons. The zero-order valence-corrected chi connectivity index (χ0v) is 11.3. The van der Waals surface area contributed by atoms with Gasteiger partial charge < -0.3 is 10.0 Å². The van der Waals surface area contributed by atoms with E-state index in [0.29, 0.717) is 18.8 Å². The summed E-state index contributed by atoms with van der Waals surface area (Å²) in [6.45, 7) is 2.10. The van der Waals surface area contributed by atoms with E-state index in [1.165, 1.54) is 5.56 Å². The predicted octanol–water partition coefficient (Wildman–Crippen LogP) is 2.56. The minimum Gasteiger partial charge on any atom is -0.481 e. The largest absolute Gasteiger partial charge is 0.481 e. The standard InChI is InChI=1S/C15H19NO3/c1-10(4-3-5-15(18)19)11-6-7-13-12(8-11)9-14(17)16(13)2/h6-8,10H,3-5,9H2,1-2H3,(H,18,19). The molecule has 1 amide bonds. The number of hydrogen-bond donors (Lipinski definition) is 1. The van der Waals surface area contributed by atoms with Crippen molar-refractivity contribution in [2.24, 2.45) is 0 Å². The molecule has 2 rings (SSSR count). The van der Waals surface area contributed by atoms with Crippen molar-refractivity contribution in [3.05, 3.63) is 29.3 Å². The third kappa shape index (κ3) is 2.95. The van der Waals surface area contributed by atoms with Crippen LogP contribution in [0.2, 0.25) is 0 Å². The summed E-state index contributed by atoms with van der Waals surface area (Å²) >= 11 is 0. The Balaban J connectivity index is 2.04. The number of rotatable bonds is 5. The average Bonchev–Trinajstić information content (AvgIpc) is 2.64. The van der Waals surface area contributed by atoms with Gasteiger partial charge in [0.2, 0.25) is 5.91 Å². The molecule has 1 aliphatic heterocycles. The lowest BCUT2D eigenvalue weighted by Crippen LogP contribution is -2.20. The third-order valence-corrected chi connectivity index (χ3v) is 3.78. The highest BCUT2D eigenvalue weighted by molar-refractivity contribution is 6.00. The number of benzene rings is 1. The van der Waals surface area contributed by atoms with Gasteiger partial charge in [0.15, 0.2) is 0 Å². The van der Waals surface area contributed by atoms with Crippen LogP contribution in [-0.2, 0) is 16.0 Å². The monoisotopic (exact) mass is 261 g/mol. The molecular formula is C15H19NO3. The van der Waals surface area contributed by atoms with Crippen molar-refractivity contribution in [1.29, 1.82) is 0 Å². The minimum atomic E-state index is -0.742. The molecule has 1 unspecified atom stereocenters. The predicted molar refractivity (Wildman–Crippen MR) is 73.5 cm³/mol. The summed E-state index contributed by atoms with van der Waals surface area (Å²) in [7, 11) is 1.80. The zero-order valence-electron chi connectivity index (χ0n) is 11.3. The molecule has 0 saturated heterocycles. The van der Waals surface area contributed by atoms with Crippen LogP contribution in [0.1, 0.15) is 43.2 Å². The van der Waals surface area contributed by atoms with Crippen molar-refractivity contribution in [3.8, 4) is 0 Å². The van der Waals surface area contributed by atoms with Crippen molar-refractivity contribution in [2.75, 3.05) is 11.9 Å². The van der Waals surface area contributed by atoms with E-state index in [1.807, 2.05) is 12.1 Å². The fourth-order valence-electron chi connectivity index (χ4n) is 2.52. The summed E-state index contributed by atoms with van der Waals surface area (Å²) in [5.74, 6) is -0.287. The topological polar surface area (TPSA) is 57.6 Å². The molecule has 1 aromatic carbocycles. The van der Waals surface area contributed by atoms with E-state index in [0.717, 1.165) is 17.7 Å². The lowest BCUT2D eigenvalue weighted by molar-refractivity contribution is -0.137. The van der Waals surface area contributed by atoms with Gasteiger partial charge >= 0.3 is 5.97 Å². The second-order valence-corrected chi connectivity index (χ2v) is 5.20. The Bertz CT molecular complexity index is 510. The first-order chi connectivity index (χ1) is 8.99. The highest BCUT2D eigenvalue weighted by atomic mass is 16.4. The minimum absolute atomic E-state index is 0.130. The molecule has 0 aliphatic carbocycles. The third-order valence-electron chi connectivity index (χ3n) is 3.78. The maximum absolute atomic E-state index is 11.6. The number of carboxylic acids is 1. The smallest absolute Gasteiger partial charge is 0.303 e. The van der Waals surface area contributed by atoms with Gasteiger partial charge in [0, 0.05) is 19.2 Å². The Kier molecular flexibility index (Phi) is 3.88. The highest BCUT2D eigenvalue weighted by Gasteiger charge is 2.24. The van der Waals surface area contributed by atoms with Crippen LogP contribution in [0.25, 0.3) is 0 Å². The number of carbonyl (C=O) groups is 2. The second-order valence-electron chi connectivity index (χ2n) is 5.20. The molecule has 4 nitrogen and oxygen atoms in total. The molecule has 0 aromatic heterocycles. The highest BCUT2D eigenvalue weighted by Crippen LogP contribution is 2.31. The SMILES string of the molecule is CC(CCCC(=O)O)c1ccc2c(c1)CC(=O)N2C. The van der Waals surface area contributed by atoms with Crippen LogP contribution in [0.5, 0.6) is 0 Å². The summed E-state index contributed by atoms with van der Waals surface area (Å²) in [6.07, 6.45) is 2.24. The Labute approximate surface area is 113 Å². The molecule has 4 heteroatoms. The quantitative estimate of drug-likeness (QED) is 0.886. The zero-order chi connectivity index (χ0) is 14.0. The van der Waals surface area contributed by atoms with Gasteiger partial charge in [0.25, 0.3) is 0 Å². The van der Waals surface area contributed by atoms with Gasteiger partial charge in [-0.05, 0) is 36.0 Å². The molecule has 1 aromatic rings. The summed E-state index contributed by atoms with van der Waals surface area (Å²) in [4.78, 5) is 23.8. The van der Waals surface area contributed by atoms with Gasteiger partial charge in [-0.15, -0.1) is 0 Å². The number of likely N-dealkylation sites (N-methyl/N-ethyl adjacent to an activating group) is 1. The van der Waals surface area contributed by atoms with Crippen LogP contribution in [0.3, 0.4) is 0 Å². The maximum Gasteiger partial charge on any atom is 0.303 e. The van der Waals surface area contributed by atoms with Crippen molar-refractivity contribution >= 4 is 17.6 Å². The first kappa shape index (κ1) is 13.6. The number of hydrogen-bond acceptors (Lipinski definition) is 2. The van der Waals surface area contributed by atoms with E-state index < -0.39 is 5.97 Å².